The van der Waals surface area contributed by atoms with Crippen LogP contribution in [0.15, 0.2) is 18.2 Å². The van der Waals surface area contributed by atoms with Crippen molar-refractivity contribution < 1.29 is 19.0 Å². The number of ether oxygens (including phenoxy) is 1. The fourth-order valence-corrected chi connectivity index (χ4v) is 2.49. The molecule has 110 valence electrons. The zero-order valence-corrected chi connectivity index (χ0v) is 11.6. The van der Waals surface area contributed by atoms with E-state index in [0.29, 0.717) is 5.56 Å². The fraction of sp³-hybridized carbons (Fsp3) is 0.533. The van der Waals surface area contributed by atoms with Crippen molar-refractivity contribution >= 4 is 5.97 Å². The lowest BCUT2D eigenvalue weighted by molar-refractivity contribution is -0.145. The van der Waals surface area contributed by atoms with E-state index in [1.54, 1.807) is 6.92 Å². The molecule has 0 amide bonds. The number of carboxylic acids is 1. The van der Waals surface area contributed by atoms with Gasteiger partial charge in [-0.2, -0.15) is 0 Å². The number of hydrogen-bond acceptors (Lipinski definition) is 3. The van der Waals surface area contributed by atoms with Crippen LogP contribution in [0, 0.1) is 12.7 Å². The molecule has 4 nitrogen and oxygen atoms in total. The standard InChI is InChI=1S/C15H20FNO3/c1-11-8-12(2-3-14(11)16)9-17-6-4-13(5-7-17)20-10-15(18)19/h2-3,8,13H,4-7,9-10H2,1H3,(H,18,19). The third-order valence-corrected chi connectivity index (χ3v) is 3.61. The molecule has 20 heavy (non-hydrogen) atoms. The van der Waals surface area contributed by atoms with Gasteiger partial charge in [-0.25, -0.2) is 9.18 Å². The molecule has 1 saturated heterocycles. The van der Waals surface area contributed by atoms with Gasteiger partial charge in [-0.05, 0) is 37.0 Å². The van der Waals surface area contributed by atoms with Gasteiger partial charge in [-0.3, -0.25) is 4.90 Å². The Hall–Kier alpha value is -1.46. The van der Waals surface area contributed by atoms with Crippen LogP contribution in [0.25, 0.3) is 0 Å². The molecule has 1 fully saturated rings. The second-order valence-electron chi connectivity index (χ2n) is 5.26. The molecular weight excluding hydrogens is 261 g/mol. The van der Waals surface area contributed by atoms with Gasteiger partial charge in [0.2, 0.25) is 0 Å². The van der Waals surface area contributed by atoms with Crippen molar-refractivity contribution in [1.29, 1.82) is 0 Å². The van der Waals surface area contributed by atoms with Crippen LogP contribution >= 0.6 is 0 Å². The highest BCUT2D eigenvalue weighted by atomic mass is 19.1. The molecule has 1 aromatic rings. The maximum absolute atomic E-state index is 13.2. The Morgan fingerprint density at radius 2 is 2.15 bits per heavy atom. The number of rotatable bonds is 5. The molecule has 0 aromatic heterocycles. The third-order valence-electron chi connectivity index (χ3n) is 3.61. The zero-order chi connectivity index (χ0) is 14.5. The Labute approximate surface area is 118 Å². The third kappa shape index (κ3) is 4.28. The molecule has 0 saturated carbocycles. The molecule has 1 aliphatic heterocycles. The van der Waals surface area contributed by atoms with E-state index in [1.807, 2.05) is 12.1 Å². The molecule has 5 heteroatoms. The van der Waals surface area contributed by atoms with Crippen molar-refractivity contribution in [2.45, 2.75) is 32.4 Å². The van der Waals surface area contributed by atoms with Crippen LogP contribution in [-0.2, 0) is 16.1 Å². The van der Waals surface area contributed by atoms with Crippen LogP contribution in [-0.4, -0.2) is 41.8 Å². The minimum atomic E-state index is -0.922. The summed E-state index contributed by atoms with van der Waals surface area (Å²) in [6.45, 7) is 4.10. The number of carboxylic acid groups (broad SMARTS) is 1. The fourth-order valence-electron chi connectivity index (χ4n) is 2.49. The van der Waals surface area contributed by atoms with Crippen molar-refractivity contribution in [1.82, 2.24) is 4.90 Å². The molecule has 0 bridgehead atoms. The van der Waals surface area contributed by atoms with Crippen LogP contribution in [0.2, 0.25) is 0 Å². The normalized spacial score (nSPS) is 17.3. The average Bonchev–Trinajstić information content (AvgIpc) is 2.42. The van der Waals surface area contributed by atoms with E-state index in [1.165, 1.54) is 6.07 Å². The number of aliphatic carboxylic acids is 1. The number of aryl methyl sites for hydroxylation is 1. The first-order chi connectivity index (χ1) is 9.54. The van der Waals surface area contributed by atoms with Gasteiger partial charge >= 0.3 is 5.97 Å². The molecule has 1 aromatic carbocycles. The van der Waals surface area contributed by atoms with Crippen LogP contribution in [0.1, 0.15) is 24.0 Å². The van der Waals surface area contributed by atoms with E-state index in [0.717, 1.165) is 38.0 Å². The molecule has 0 unspecified atom stereocenters. The Balaban J connectivity index is 1.79. The number of benzene rings is 1. The quantitative estimate of drug-likeness (QED) is 0.899. The van der Waals surface area contributed by atoms with Crippen LogP contribution in [0.4, 0.5) is 4.39 Å². The Morgan fingerprint density at radius 1 is 1.45 bits per heavy atom. The number of nitrogens with zero attached hydrogens (tertiary/aromatic N) is 1. The van der Waals surface area contributed by atoms with E-state index >= 15 is 0 Å². The predicted octanol–water partition coefficient (Wildman–Crippen LogP) is 2.20. The van der Waals surface area contributed by atoms with Crippen molar-refractivity contribution in [3.63, 3.8) is 0 Å². The van der Waals surface area contributed by atoms with Gasteiger partial charge in [0.05, 0.1) is 6.10 Å². The zero-order valence-electron chi connectivity index (χ0n) is 11.6. The summed E-state index contributed by atoms with van der Waals surface area (Å²) >= 11 is 0. The molecule has 0 radical (unpaired) electrons. The summed E-state index contributed by atoms with van der Waals surface area (Å²) in [7, 11) is 0. The predicted molar refractivity (Wildman–Crippen MR) is 73.0 cm³/mol. The van der Waals surface area contributed by atoms with Gasteiger partial charge < -0.3 is 9.84 Å². The van der Waals surface area contributed by atoms with E-state index in [4.69, 9.17) is 9.84 Å². The monoisotopic (exact) mass is 281 g/mol. The summed E-state index contributed by atoms with van der Waals surface area (Å²) in [4.78, 5) is 12.7. The number of halogens is 1. The second-order valence-corrected chi connectivity index (χ2v) is 5.26. The van der Waals surface area contributed by atoms with Gasteiger partial charge in [-0.1, -0.05) is 12.1 Å². The SMILES string of the molecule is Cc1cc(CN2CCC(OCC(=O)O)CC2)ccc1F. The molecule has 2 rings (SSSR count). The first-order valence-electron chi connectivity index (χ1n) is 6.85. The van der Waals surface area contributed by atoms with Gasteiger partial charge in [-0.15, -0.1) is 0 Å². The maximum atomic E-state index is 13.2. The van der Waals surface area contributed by atoms with Crippen LogP contribution in [0.5, 0.6) is 0 Å². The van der Waals surface area contributed by atoms with Crippen molar-refractivity contribution in [3.05, 3.63) is 35.1 Å². The van der Waals surface area contributed by atoms with E-state index in [2.05, 4.69) is 4.90 Å². The molecule has 0 spiro atoms. The van der Waals surface area contributed by atoms with E-state index in [9.17, 15) is 9.18 Å². The number of hydrogen-bond donors (Lipinski definition) is 1. The molecule has 1 aliphatic rings. The summed E-state index contributed by atoms with van der Waals surface area (Å²) in [5, 5.41) is 8.57. The van der Waals surface area contributed by atoms with Gasteiger partial charge in [0.25, 0.3) is 0 Å². The lowest BCUT2D eigenvalue weighted by Crippen LogP contribution is -2.37. The number of carbonyl (C=O) groups is 1. The number of likely N-dealkylation sites (tertiary alicyclic amines) is 1. The molecule has 1 N–H and O–H groups in total. The van der Waals surface area contributed by atoms with Crippen molar-refractivity contribution in [2.75, 3.05) is 19.7 Å². The Kier molecular flexibility index (Phi) is 5.09. The summed E-state index contributed by atoms with van der Waals surface area (Å²) in [6, 6.07) is 5.20. The average molecular weight is 281 g/mol. The highest BCUT2D eigenvalue weighted by Gasteiger charge is 2.20. The summed E-state index contributed by atoms with van der Waals surface area (Å²) < 4.78 is 18.5. The first-order valence-corrected chi connectivity index (χ1v) is 6.85. The molecule has 0 atom stereocenters. The Bertz CT molecular complexity index is 470. The second kappa shape index (κ2) is 6.81. The van der Waals surface area contributed by atoms with E-state index < -0.39 is 5.97 Å². The van der Waals surface area contributed by atoms with Gasteiger partial charge in [0, 0.05) is 19.6 Å². The lowest BCUT2D eigenvalue weighted by atomic mass is 10.1. The summed E-state index contributed by atoms with van der Waals surface area (Å²) in [5.41, 5.74) is 1.77. The largest absolute Gasteiger partial charge is 0.480 e. The van der Waals surface area contributed by atoms with Crippen molar-refractivity contribution in [2.24, 2.45) is 0 Å². The van der Waals surface area contributed by atoms with Crippen molar-refractivity contribution in [3.8, 4) is 0 Å². The molecule has 1 heterocycles. The minimum absolute atomic E-state index is 0.0392. The molecular formula is C15H20FNO3. The maximum Gasteiger partial charge on any atom is 0.329 e. The number of piperidine rings is 1. The first kappa shape index (κ1) is 14.9. The highest BCUT2D eigenvalue weighted by molar-refractivity contribution is 5.68. The smallest absolute Gasteiger partial charge is 0.329 e. The van der Waals surface area contributed by atoms with Gasteiger partial charge in [0.1, 0.15) is 12.4 Å². The topological polar surface area (TPSA) is 49.8 Å². The minimum Gasteiger partial charge on any atom is -0.480 e. The lowest BCUT2D eigenvalue weighted by Gasteiger charge is -2.31. The molecule has 0 aliphatic carbocycles. The highest BCUT2D eigenvalue weighted by Crippen LogP contribution is 2.17. The summed E-state index contributed by atoms with van der Waals surface area (Å²) in [6.07, 6.45) is 1.72. The Morgan fingerprint density at radius 3 is 2.75 bits per heavy atom. The van der Waals surface area contributed by atoms with E-state index in [-0.39, 0.29) is 18.5 Å². The summed E-state index contributed by atoms with van der Waals surface area (Å²) in [5.74, 6) is -1.09. The van der Waals surface area contributed by atoms with Gasteiger partial charge in [0.15, 0.2) is 0 Å². The van der Waals surface area contributed by atoms with Crippen LogP contribution < -0.4 is 0 Å². The van der Waals surface area contributed by atoms with Crippen LogP contribution in [0.3, 0.4) is 0 Å².